The van der Waals surface area contributed by atoms with E-state index < -0.39 is 0 Å². The van der Waals surface area contributed by atoms with Crippen LogP contribution in [0.5, 0.6) is 0 Å². The second-order valence-electron chi connectivity index (χ2n) is 0. The van der Waals surface area contributed by atoms with Crippen LogP contribution in [0.2, 0.25) is 0 Å². The van der Waals surface area contributed by atoms with Gasteiger partial charge in [0.1, 0.15) is 0 Å². The van der Waals surface area contributed by atoms with Gasteiger partial charge >= 0.3 is 49.6 Å². The van der Waals surface area contributed by atoms with E-state index in [-0.39, 0.29) is 35.7 Å². The molecule has 1 nitrogen and oxygen atoms in total. The number of halogens is 1. The van der Waals surface area contributed by atoms with Crippen molar-refractivity contribution in [2.75, 3.05) is 0 Å². The van der Waals surface area contributed by atoms with Crippen LogP contribution in [-0.4, -0.2) is 16.2 Å². The molecular formula is H2AlFNaO. The minimum absolute atomic E-state index is 0. The summed E-state index contributed by atoms with van der Waals surface area (Å²) in [6.45, 7) is 0. The van der Waals surface area contributed by atoms with Crippen molar-refractivity contribution in [2.45, 2.75) is 0 Å². The summed E-state index contributed by atoms with van der Waals surface area (Å²) < 4.78 is 8.17. The van der Waals surface area contributed by atoms with Crippen LogP contribution in [0.3, 0.4) is 0 Å². The number of hydrogen-bond acceptors (Lipinski definition) is 1. The minimum atomic E-state index is 0. The molecule has 0 spiro atoms. The maximum absolute atomic E-state index is 8.17. The Kier molecular flexibility index (Phi) is 133. The van der Waals surface area contributed by atoms with E-state index in [4.69, 9.17) is 3.80 Å². The molecule has 4 heavy (non-hydrogen) atoms. The van der Waals surface area contributed by atoms with E-state index in [0.29, 0.717) is 0 Å². The molecule has 0 aromatic carbocycles. The van der Waals surface area contributed by atoms with Gasteiger partial charge in [-0.15, -0.1) is 0 Å². The molecule has 0 heterocycles. The third-order valence-electron chi connectivity index (χ3n) is 0. The van der Waals surface area contributed by atoms with Crippen molar-refractivity contribution in [1.29, 1.82) is 0 Å². The molecule has 0 aromatic heterocycles. The Balaban J connectivity index is -0.00000000167. The number of rotatable bonds is 0. The second kappa shape index (κ2) is 28.5. The molecule has 0 aliphatic rings. The zero-order valence-corrected chi connectivity index (χ0v) is 5.55. The molecule has 0 amide bonds. The molecule has 0 unspecified atom stereocenters. The molecule has 0 aliphatic heterocycles. The van der Waals surface area contributed by atoms with Gasteiger partial charge in [-0.1, -0.05) is 0 Å². The number of hydrogen-bond donors (Lipinski definition) is 0. The Morgan fingerprint density at radius 1 is 1.50 bits per heavy atom. The summed E-state index contributed by atoms with van der Waals surface area (Å²) in [4.78, 5) is 0. The van der Waals surface area contributed by atoms with Gasteiger partial charge in [-0.3, -0.25) is 4.70 Å². The zero-order chi connectivity index (χ0) is 2.00. The standard InChI is InChI=1S/Al.FH.Na.O.H/h;1H;;;/q;;+1;;-1. The van der Waals surface area contributed by atoms with E-state index in [1.165, 1.54) is 16.2 Å². The third kappa shape index (κ3) is 10.5. The quantitative estimate of drug-likeness (QED) is 0.284. The van der Waals surface area contributed by atoms with Crippen LogP contribution >= 0.6 is 0 Å². The summed E-state index contributed by atoms with van der Waals surface area (Å²) >= 11 is 1.17. The maximum atomic E-state index is 8.17. The molecule has 1 radical (unpaired) electrons. The van der Waals surface area contributed by atoms with Gasteiger partial charge in [0.2, 0.25) is 0 Å². The summed E-state index contributed by atoms with van der Waals surface area (Å²) in [7, 11) is 0. The summed E-state index contributed by atoms with van der Waals surface area (Å²) in [5, 5.41) is 0. The van der Waals surface area contributed by atoms with E-state index in [0.717, 1.165) is 0 Å². The molecule has 4 heteroatoms. The van der Waals surface area contributed by atoms with E-state index in [9.17, 15) is 0 Å². The molecule has 0 saturated carbocycles. The van der Waals surface area contributed by atoms with Crippen molar-refractivity contribution in [3.05, 3.63) is 0 Å². The summed E-state index contributed by atoms with van der Waals surface area (Å²) in [6, 6.07) is 0. The SMILES string of the molecule is F.[H-].[Na+].[O]=[Al]. The van der Waals surface area contributed by atoms with E-state index >= 15 is 0 Å². The van der Waals surface area contributed by atoms with Crippen molar-refractivity contribution in [3.8, 4) is 0 Å². The topological polar surface area (TPSA) is 17.1 Å². The Bertz CT molecular complexity index is 11.6. The summed E-state index contributed by atoms with van der Waals surface area (Å²) in [5.74, 6) is 0. The van der Waals surface area contributed by atoms with Crippen molar-refractivity contribution in [3.63, 3.8) is 0 Å². The van der Waals surface area contributed by atoms with Gasteiger partial charge in [-0.05, 0) is 0 Å². The first kappa shape index (κ1) is 18.7. The van der Waals surface area contributed by atoms with Crippen molar-refractivity contribution in [2.24, 2.45) is 0 Å². The van der Waals surface area contributed by atoms with Crippen LogP contribution < -0.4 is 29.6 Å². The molecule has 0 N–H and O–H groups in total. The predicted octanol–water partition coefficient (Wildman–Crippen LogP) is -3.23. The molecular weight excluding hydrogens is 85.0 g/mol. The summed E-state index contributed by atoms with van der Waals surface area (Å²) in [5.41, 5.74) is 0. The fourth-order valence-electron chi connectivity index (χ4n) is 0. The summed E-state index contributed by atoms with van der Waals surface area (Å²) in [6.07, 6.45) is 0. The zero-order valence-electron chi connectivity index (χ0n) is 3.39. The first-order valence-corrected chi connectivity index (χ1v) is 0.707. The molecule has 0 fully saturated rings. The van der Waals surface area contributed by atoms with Gasteiger partial charge in [0.15, 0.2) is 0 Å². The van der Waals surface area contributed by atoms with Gasteiger partial charge in [0.25, 0.3) is 0 Å². The van der Waals surface area contributed by atoms with Crippen molar-refractivity contribution < 1.29 is 39.5 Å². The average Bonchev–Trinajstić information content (AvgIpc) is 1.00. The Labute approximate surface area is 55.5 Å². The molecule has 0 atom stereocenters. The van der Waals surface area contributed by atoms with Crippen LogP contribution in [0.4, 0.5) is 4.70 Å². The van der Waals surface area contributed by atoms with Crippen molar-refractivity contribution in [1.82, 2.24) is 0 Å². The fraction of sp³-hybridized carbons (Fsp3) is 0. The molecule has 0 saturated heterocycles. The van der Waals surface area contributed by atoms with Crippen LogP contribution in [0, 0.1) is 0 Å². The average molecular weight is 87.0 g/mol. The van der Waals surface area contributed by atoms with E-state index in [1.54, 1.807) is 0 Å². The monoisotopic (exact) mass is 87.0 g/mol. The first-order chi connectivity index (χ1) is 1.00. The van der Waals surface area contributed by atoms with Crippen LogP contribution in [0.15, 0.2) is 0 Å². The molecule has 19 valence electrons. The third-order valence-corrected chi connectivity index (χ3v) is 0. The Morgan fingerprint density at radius 3 is 1.50 bits per heavy atom. The Morgan fingerprint density at radius 2 is 1.50 bits per heavy atom. The first-order valence-electron chi connectivity index (χ1n) is 0.236. The van der Waals surface area contributed by atoms with E-state index in [2.05, 4.69) is 0 Å². The van der Waals surface area contributed by atoms with Gasteiger partial charge in [0, 0.05) is 0 Å². The molecule has 0 bridgehead atoms. The molecule has 0 aromatic rings. The van der Waals surface area contributed by atoms with Crippen LogP contribution in [0.1, 0.15) is 1.43 Å². The normalized spacial score (nSPS) is 0.750. The van der Waals surface area contributed by atoms with Gasteiger partial charge in [0.05, 0.1) is 0 Å². The van der Waals surface area contributed by atoms with Crippen molar-refractivity contribution >= 4 is 16.2 Å². The van der Waals surface area contributed by atoms with Crippen LogP contribution in [-0.2, 0) is 3.80 Å². The predicted molar refractivity (Wildman–Crippen MR) is 10.1 cm³/mol. The van der Waals surface area contributed by atoms with Gasteiger partial charge in [-0.2, -0.15) is 0 Å². The molecule has 0 rings (SSSR count). The van der Waals surface area contributed by atoms with E-state index in [1.807, 2.05) is 0 Å². The fourth-order valence-corrected chi connectivity index (χ4v) is 0. The van der Waals surface area contributed by atoms with Gasteiger partial charge < -0.3 is 1.43 Å². The second-order valence-corrected chi connectivity index (χ2v) is 0. The van der Waals surface area contributed by atoms with Gasteiger partial charge in [-0.25, -0.2) is 0 Å². The Hall–Kier alpha value is 1.26. The molecule has 0 aliphatic carbocycles. The van der Waals surface area contributed by atoms with Crippen LogP contribution in [0.25, 0.3) is 0 Å².